The smallest absolute Gasteiger partial charge is 0.370 e. The van der Waals surface area contributed by atoms with E-state index in [0.29, 0.717) is 29.5 Å². The van der Waals surface area contributed by atoms with Gasteiger partial charge in [0.2, 0.25) is 11.8 Å². The highest BCUT2D eigenvalue weighted by Crippen LogP contribution is 2.36. The van der Waals surface area contributed by atoms with Gasteiger partial charge < -0.3 is 10.2 Å². The fourth-order valence-electron chi connectivity index (χ4n) is 3.93. The van der Waals surface area contributed by atoms with Crippen LogP contribution in [-0.4, -0.2) is 36.4 Å². The molecule has 1 aromatic carbocycles. The molecular formula is C21H23F3N4O2S. The predicted molar refractivity (Wildman–Crippen MR) is 114 cm³/mol. The van der Waals surface area contributed by atoms with Gasteiger partial charge in [-0.3, -0.25) is 14.5 Å². The molecule has 2 saturated heterocycles. The molecule has 2 fully saturated rings. The van der Waals surface area contributed by atoms with Crippen molar-refractivity contribution in [3.8, 4) is 0 Å². The summed E-state index contributed by atoms with van der Waals surface area (Å²) in [6.07, 6.45) is -0.283. The Morgan fingerprint density at radius 2 is 1.90 bits per heavy atom. The Kier molecular flexibility index (Phi) is 6.17. The lowest BCUT2D eigenvalue weighted by Gasteiger charge is -2.31. The Bertz CT molecular complexity index is 970. The first kappa shape index (κ1) is 21.6. The molecule has 1 N–H and O–H groups in total. The second-order valence-corrected chi connectivity index (χ2v) is 8.61. The maximum absolute atomic E-state index is 13.2. The van der Waals surface area contributed by atoms with Crippen LogP contribution >= 0.6 is 11.3 Å². The maximum Gasteiger partial charge on any atom is 0.416 e. The number of carbonyl (C=O) groups excluding carboxylic acids is 2. The van der Waals surface area contributed by atoms with Crippen molar-refractivity contribution < 1.29 is 22.8 Å². The first-order valence-corrected chi connectivity index (χ1v) is 11.2. The first-order chi connectivity index (χ1) is 14.8. The van der Waals surface area contributed by atoms with Crippen molar-refractivity contribution in [3.05, 3.63) is 34.8 Å². The third kappa shape index (κ3) is 5.00. The SMILES string of the molecule is O=C(Cc1csc(N2CCCC2=O)n1)Nc1cc(C(F)(F)F)ccc1N1CCCCC1. The van der Waals surface area contributed by atoms with Crippen molar-refractivity contribution in [3.63, 3.8) is 0 Å². The molecule has 0 spiro atoms. The van der Waals surface area contributed by atoms with E-state index >= 15 is 0 Å². The summed E-state index contributed by atoms with van der Waals surface area (Å²) >= 11 is 1.29. The molecule has 2 amide bonds. The number of anilines is 3. The molecule has 4 rings (SSSR count). The number of amides is 2. The largest absolute Gasteiger partial charge is 0.416 e. The van der Waals surface area contributed by atoms with E-state index in [0.717, 1.165) is 50.9 Å². The Labute approximate surface area is 182 Å². The molecule has 6 nitrogen and oxygen atoms in total. The number of benzene rings is 1. The van der Waals surface area contributed by atoms with Gasteiger partial charge in [0.25, 0.3) is 0 Å². The molecule has 0 atom stereocenters. The molecule has 0 radical (unpaired) electrons. The van der Waals surface area contributed by atoms with E-state index in [2.05, 4.69) is 10.3 Å². The number of hydrogen-bond acceptors (Lipinski definition) is 5. The summed E-state index contributed by atoms with van der Waals surface area (Å²) in [7, 11) is 0. The normalized spacial score (nSPS) is 17.3. The zero-order chi connectivity index (χ0) is 22.0. The highest BCUT2D eigenvalue weighted by Gasteiger charge is 2.32. The van der Waals surface area contributed by atoms with Crippen LogP contribution in [0.1, 0.15) is 43.4 Å². The zero-order valence-corrected chi connectivity index (χ0v) is 17.7. The number of rotatable bonds is 5. The third-order valence-corrected chi connectivity index (χ3v) is 6.39. The second-order valence-electron chi connectivity index (χ2n) is 7.77. The van der Waals surface area contributed by atoms with Crippen molar-refractivity contribution in [2.75, 3.05) is 34.8 Å². The minimum Gasteiger partial charge on any atom is -0.370 e. The molecule has 0 saturated carbocycles. The number of nitrogens with zero attached hydrogens (tertiary/aromatic N) is 3. The topological polar surface area (TPSA) is 65.5 Å². The Balaban J connectivity index is 1.51. The molecule has 2 aliphatic rings. The number of hydrogen-bond donors (Lipinski definition) is 1. The second kappa shape index (κ2) is 8.86. The van der Waals surface area contributed by atoms with Gasteiger partial charge in [0.1, 0.15) is 0 Å². The lowest BCUT2D eigenvalue weighted by molar-refractivity contribution is -0.137. The summed E-state index contributed by atoms with van der Waals surface area (Å²) in [5.41, 5.74) is 0.449. The first-order valence-electron chi connectivity index (χ1n) is 10.3. The van der Waals surface area contributed by atoms with Crippen LogP contribution < -0.4 is 15.1 Å². The molecule has 31 heavy (non-hydrogen) atoms. The average Bonchev–Trinajstić information content (AvgIpc) is 3.36. The van der Waals surface area contributed by atoms with Gasteiger partial charge in [-0.25, -0.2) is 4.98 Å². The van der Waals surface area contributed by atoms with Crippen LogP contribution in [-0.2, 0) is 22.2 Å². The molecule has 2 aromatic rings. The van der Waals surface area contributed by atoms with Crippen LogP contribution in [0.4, 0.5) is 29.7 Å². The quantitative estimate of drug-likeness (QED) is 0.728. The van der Waals surface area contributed by atoms with Crippen molar-refractivity contribution in [2.24, 2.45) is 0 Å². The minimum absolute atomic E-state index is 0.0143. The number of halogens is 3. The van der Waals surface area contributed by atoms with Crippen LogP contribution in [0, 0.1) is 0 Å². The molecule has 0 bridgehead atoms. The highest BCUT2D eigenvalue weighted by molar-refractivity contribution is 7.14. The predicted octanol–water partition coefficient (Wildman–Crippen LogP) is 4.46. The van der Waals surface area contributed by atoms with Crippen LogP contribution in [0.15, 0.2) is 23.6 Å². The van der Waals surface area contributed by atoms with Crippen LogP contribution in [0.5, 0.6) is 0 Å². The summed E-state index contributed by atoms with van der Waals surface area (Å²) in [6, 6.07) is 3.49. The molecule has 0 unspecified atom stereocenters. The van der Waals surface area contributed by atoms with E-state index in [1.54, 1.807) is 10.3 Å². The lowest BCUT2D eigenvalue weighted by atomic mass is 10.1. The number of carbonyl (C=O) groups is 2. The Morgan fingerprint density at radius 3 is 2.58 bits per heavy atom. The molecule has 1 aromatic heterocycles. The van der Waals surface area contributed by atoms with Gasteiger partial charge in [-0.15, -0.1) is 11.3 Å². The van der Waals surface area contributed by atoms with Gasteiger partial charge in [-0.1, -0.05) is 0 Å². The highest BCUT2D eigenvalue weighted by atomic mass is 32.1. The van der Waals surface area contributed by atoms with Crippen LogP contribution in [0.3, 0.4) is 0 Å². The van der Waals surface area contributed by atoms with Crippen molar-refractivity contribution >= 4 is 39.7 Å². The molecule has 166 valence electrons. The summed E-state index contributed by atoms with van der Waals surface area (Å²) in [5, 5.41) is 4.92. The van der Waals surface area contributed by atoms with E-state index in [1.807, 2.05) is 4.90 Å². The maximum atomic E-state index is 13.2. The van der Waals surface area contributed by atoms with Crippen molar-refractivity contribution in [1.29, 1.82) is 0 Å². The molecular weight excluding hydrogens is 429 g/mol. The molecule has 3 heterocycles. The number of piperidine rings is 1. The van der Waals surface area contributed by atoms with Crippen LogP contribution in [0.25, 0.3) is 0 Å². The van der Waals surface area contributed by atoms with E-state index in [4.69, 9.17) is 0 Å². The number of aromatic nitrogens is 1. The van der Waals surface area contributed by atoms with E-state index < -0.39 is 17.6 Å². The van der Waals surface area contributed by atoms with Gasteiger partial charge in [-0.05, 0) is 43.9 Å². The molecule has 2 aliphatic heterocycles. The number of thiazole rings is 1. The van der Waals surface area contributed by atoms with Gasteiger partial charge in [0.05, 0.1) is 29.1 Å². The van der Waals surface area contributed by atoms with Gasteiger partial charge in [0.15, 0.2) is 5.13 Å². The minimum atomic E-state index is -4.49. The third-order valence-electron chi connectivity index (χ3n) is 5.48. The standard InChI is InChI=1S/C21H23F3N4O2S/c22-21(23,24)14-6-7-17(27-8-2-1-3-9-27)16(11-14)26-18(29)12-15-13-31-20(25-15)28-10-4-5-19(28)30/h6-7,11,13H,1-5,8-10,12H2,(H,26,29). The monoisotopic (exact) mass is 452 g/mol. The Hall–Kier alpha value is -2.62. The Morgan fingerprint density at radius 1 is 1.13 bits per heavy atom. The average molecular weight is 453 g/mol. The van der Waals surface area contributed by atoms with Gasteiger partial charge >= 0.3 is 6.18 Å². The number of nitrogens with one attached hydrogen (secondary N) is 1. The summed E-state index contributed by atoms with van der Waals surface area (Å²) in [5.74, 6) is -0.428. The lowest BCUT2D eigenvalue weighted by Crippen LogP contribution is -2.30. The van der Waals surface area contributed by atoms with Crippen molar-refractivity contribution in [1.82, 2.24) is 4.98 Å². The number of alkyl halides is 3. The summed E-state index contributed by atoms with van der Waals surface area (Å²) < 4.78 is 39.7. The fraction of sp³-hybridized carbons (Fsp3) is 0.476. The van der Waals surface area contributed by atoms with E-state index in [9.17, 15) is 22.8 Å². The molecule has 0 aliphatic carbocycles. The van der Waals surface area contributed by atoms with E-state index in [-0.39, 0.29) is 18.0 Å². The van der Waals surface area contributed by atoms with Crippen molar-refractivity contribution in [2.45, 2.75) is 44.7 Å². The van der Waals surface area contributed by atoms with Gasteiger partial charge in [0, 0.05) is 31.4 Å². The zero-order valence-electron chi connectivity index (χ0n) is 16.9. The van der Waals surface area contributed by atoms with Crippen LogP contribution in [0.2, 0.25) is 0 Å². The molecule has 10 heteroatoms. The van der Waals surface area contributed by atoms with E-state index in [1.165, 1.54) is 17.4 Å². The van der Waals surface area contributed by atoms with Gasteiger partial charge in [-0.2, -0.15) is 13.2 Å². The fourth-order valence-corrected chi connectivity index (χ4v) is 4.80. The summed E-state index contributed by atoms with van der Waals surface area (Å²) in [6.45, 7) is 2.10. The summed E-state index contributed by atoms with van der Waals surface area (Å²) in [4.78, 5) is 32.5.